The third kappa shape index (κ3) is 2.46. The summed E-state index contributed by atoms with van der Waals surface area (Å²) >= 11 is 0. The zero-order valence-electron chi connectivity index (χ0n) is 16.3. The fourth-order valence-electron chi connectivity index (χ4n) is 8.35. The molecule has 4 heteroatoms. The van der Waals surface area contributed by atoms with Gasteiger partial charge in [-0.25, -0.2) is 0 Å². The zero-order valence-corrected chi connectivity index (χ0v) is 17.1. The molecule has 0 aromatic rings. The van der Waals surface area contributed by atoms with E-state index in [4.69, 9.17) is 5.73 Å². The van der Waals surface area contributed by atoms with Gasteiger partial charge in [0.15, 0.2) is 0 Å². The van der Waals surface area contributed by atoms with Crippen molar-refractivity contribution >= 4 is 10.8 Å². The summed E-state index contributed by atoms with van der Waals surface area (Å²) in [5, 5.41) is 11.4. The van der Waals surface area contributed by atoms with E-state index >= 15 is 0 Å². The fourth-order valence-corrected chi connectivity index (χ4v) is 9.35. The summed E-state index contributed by atoms with van der Waals surface area (Å²) in [5.41, 5.74) is 6.97. The van der Waals surface area contributed by atoms with Crippen LogP contribution in [0.5, 0.6) is 0 Å². The Morgan fingerprint density at radius 3 is 2.52 bits per heavy atom. The lowest BCUT2D eigenvalue weighted by Crippen LogP contribution is -2.67. The normalized spacial score (nSPS) is 56.1. The van der Waals surface area contributed by atoms with Crippen LogP contribution < -0.4 is 5.73 Å². The van der Waals surface area contributed by atoms with Crippen molar-refractivity contribution < 1.29 is 9.32 Å². The lowest BCUT2D eigenvalue weighted by Gasteiger charge is -2.70. The molecule has 0 heterocycles. The smallest absolute Gasteiger partial charge is 0.0638 e. The van der Waals surface area contributed by atoms with E-state index in [-0.39, 0.29) is 22.9 Å². The molecule has 0 radical (unpaired) electrons. The van der Waals surface area contributed by atoms with Crippen LogP contribution in [-0.2, 0) is 10.8 Å². The van der Waals surface area contributed by atoms with Crippen molar-refractivity contribution in [3.8, 4) is 0 Å². The van der Waals surface area contributed by atoms with E-state index in [1.54, 1.807) is 6.26 Å². The van der Waals surface area contributed by atoms with Crippen LogP contribution in [0.15, 0.2) is 0 Å². The van der Waals surface area contributed by atoms with E-state index in [1.165, 1.54) is 44.9 Å². The summed E-state index contributed by atoms with van der Waals surface area (Å²) in [7, 11) is -0.810. The number of hydrogen-bond acceptors (Lipinski definition) is 3. The van der Waals surface area contributed by atoms with Crippen molar-refractivity contribution in [1.29, 1.82) is 0 Å². The van der Waals surface area contributed by atoms with E-state index in [1.807, 2.05) is 0 Å². The van der Waals surface area contributed by atoms with Gasteiger partial charge in [0.05, 0.1) is 6.10 Å². The number of aliphatic hydroxyl groups is 1. The minimum Gasteiger partial charge on any atom is -0.392 e. The molecule has 0 aromatic heterocycles. The van der Waals surface area contributed by atoms with E-state index in [0.717, 1.165) is 13.0 Å². The first-order valence-corrected chi connectivity index (χ1v) is 12.2. The highest BCUT2D eigenvalue weighted by Gasteiger charge is 2.67. The Bertz CT molecular complexity index is 568. The summed E-state index contributed by atoms with van der Waals surface area (Å²) in [6.45, 7) is 5.76. The molecular formula is C21H37NO2S. The van der Waals surface area contributed by atoms with Crippen molar-refractivity contribution in [2.45, 2.75) is 71.3 Å². The molecule has 5 saturated carbocycles. The largest absolute Gasteiger partial charge is 0.392 e. The Kier molecular flexibility index (Phi) is 4.45. The quantitative estimate of drug-likeness (QED) is 0.804. The van der Waals surface area contributed by atoms with Crippen LogP contribution in [0.25, 0.3) is 0 Å². The molecule has 0 amide bonds. The van der Waals surface area contributed by atoms with E-state index in [0.29, 0.717) is 28.9 Å². The standard InChI is InChI=1S/C21H37NO2S/c1-19(13-22)7-4-8-20(2)16(19)6-10-21-9-5-14(11-17(20)21)15(18(21)23)12-25(3)24/h14-18,23H,4-13,22H2,1-3H3/t14-,15+,16-,17+,18-,19+,20-,21+,25?/m1/s1. The van der Waals surface area contributed by atoms with Crippen molar-refractivity contribution in [2.24, 2.45) is 45.7 Å². The van der Waals surface area contributed by atoms with Gasteiger partial charge in [0.25, 0.3) is 0 Å². The molecule has 5 rings (SSSR count). The van der Waals surface area contributed by atoms with Gasteiger partial charge in [0, 0.05) is 22.8 Å². The van der Waals surface area contributed by atoms with Gasteiger partial charge in [-0.3, -0.25) is 4.21 Å². The van der Waals surface area contributed by atoms with Gasteiger partial charge in [0.1, 0.15) is 0 Å². The molecule has 0 saturated heterocycles. The van der Waals surface area contributed by atoms with Crippen LogP contribution in [0.1, 0.15) is 65.2 Å². The Morgan fingerprint density at radius 2 is 1.84 bits per heavy atom. The van der Waals surface area contributed by atoms with Crippen LogP contribution in [-0.4, -0.2) is 34.0 Å². The van der Waals surface area contributed by atoms with Crippen LogP contribution in [0.3, 0.4) is 0 Å². The van der Waals surface area contributed by atoms with Gasteiger partial charge in [0.2, 0.25) is 0 Å². The third-order valence-corrected chi connectivity index (χ3v) is 10.4. The summed E-state index contributed by atoms with van der Waals surface area (Å²) in [6, 6.07) is 0. The fraction of sp³-hybridized carbons (Fsp3) is 1.00. The van der Waals surface area contributed by atoms with E-state index in [9.17, 15) is 9.32 Å². The first kappa shape index (κ1) is 18.4. The highest BCUT2D eigenvalue weighted by molar-refractivity contribution is 7.84. The van der Waals surface area contributed by atoms with E-state index in [2.05, 4.69) is 13.8 Å². The van der Waals surface area contributed by atoms with Gasteiger partial charge in [-0.1, -0.05) is 20.3 Å². The highest BCUT2D eigenvalue weighted by atomic mass is 32.2. The van der Waals surface area contributed by atoms with Crippen molar-refractivity contribution in [3.63, 3.8) is 0 Å². The number of hydrogen-bond donors (Lipinski definition) is 2. The van der Waals surface area contributed by atoms with Crippen molar-refractivity contribution in [3.05, 3.63) is 0 Å². The van der Waals surface area contributed by atoms with Gasteiger partial charge >= 0.3 is 0 Å². The molecule has 2 bridgehead atoms. The molecule has 3 nitrogen and oxygen atoms in total. The molecule has 1 unspecified atom stereocenters. The second-order valence-electron chi connectivity index (χ2n) is 10.5. The third-order valence-electron chi connectivity index (χ3n) is 9.50. The second-order valence-corrected chi connectivity index (χ2v) is 12.0. The van der Waals surface area contributed by atoms with Gasteiger partial charge in [-0.2, -0.15) is 0 Å². The lowest BCUT2D eigenvalue weighted by molar-refractivity contribution is -0.239. The van der Waals surface area contributed by atoms with Crippen molar-refractivity contribution in [1.82, 2.24) is 0 Å². The number of nitrogens with two attached hydrogens (primary N) is 1. The molecule has 1 spiro atoms. The van der Waals surface area contributed by atoms with Crippen LogP contribution in [0.4, 0.5) is 0 Å². The second kappa shape index (κ2) is 6.04. The molecule has 5 aliphatic carbocycles. The Morgan fingerprint density at radius 1 is 1.12 bits per heavy atom. The molecule has 9 atom stereocenters. The average molecular weight is 368 g/mol. The molecular weight excluding hydrogens is 330 g/mol. The SMILES string of the molecule is CS(=O)C[C@H]1[C@@H]2CC[C@@]3(CC[C@@H]4[C@](C)(CN)CCC[C@@]4(C)[C@@H]3C2)[C@@H]1O. The predicted octanol–water partition coefficient (Wildman–Crippen LogP) is 3.32. The minimum atomic E-state index is -0.810. The molecule has 0 aliphatic heterocycles. The molecule has 144 valence electrons. The average Bonchev–Trinajstić information content (AvgIpc) is 2.57. The number of rotatable bonds is 3. The monoisotopic (exact) mass is 367 g/mol. The van der Waals surface area contributed by atoms with Crippen LogP contribution in [0.2, 0.25) is 0 Å². The Hall–Kier alpha value is 0.0700. The molecule has 5 aliphatic rings. The van der Waals surface area contributed by atoms with Crippen molar-refractivity contribution in [2.75, 3.05) is 18.6 Å². The molecule has 25 heavy (non-hydrogen) atoms. The maximum Gasteiger partial charge on any atom is 0.0638 e. The maximum atomic E-state index is 11.9. The number of aliphatic hydroxyl groups excluding tert-OH is 1. The summed E-state index contributed by atoms with van der Waals surface area (Å²) in [6.07, 6.45) is 11.5. The molecule has 3 N–H and O–H groups in total. The van der Waals surface area contributed by atoms with Gasteiger partial charge < -0.3 is 10.8 Å². The maximum absolute atomic E-state index is 11.9. The molecule has 0 aromatic carbocycles. The summed E-state index contributed by atoms with van der Waals surface area (Å²) in [4.78, 5) is 0. The summed E-state index contributed by atoms with van der Waals surface area (Å²) < 4.78 is 11.9. The topological polar surface area (TPSA) is 63.3 Å². The number of fused-ring (bicyclic) bond motifs is 3. The van der Waals surface area contributed by atoms with Gasteiger partial charge in [-0.05, 0) is 91.4 Å². The van der Waals surface area contributed by atoms with Crippen LogP contribution >= 0.6 is 0 Å². The Labute approximate surface area is 156 Å². The van der Waals surface area contributed by atoms with Gasteiger partial charge in [-0.15, -0.1) is 0 Å². The lowest BCUT2D eigenvalue weighted by atomic mass is 9.35. The first-order chi connectivity index (χ1) is 11.8. The summed E-state index contributed by atoms with van der Waals surface area (Å²) in [5.74, 6) is 2.88. The highest BCUT2D eigenvalue weighted by Crippen LogP contribution is 2.72. The van der Waals surface area contributed by atoms with E-state index < -0.39 is 10.8 Å². The Balaban J connectivity index is 1.70. The predicted molar refractivity (Wildman–Crippen MR) is 104 cm³/mol. The molecule has 5 fully saturated rings. The van der Waals surface area contributed by atoms with Crippen LogP contribution in [0, 0.1) is 39.9 Å². The zero-order chi connectivity index (χ0) is 18.0. The minimum absolute atomic E-state index is 0.0941. The first-order valence-electron chi connectivity index (χ1n) is 10.4.